The van der Waals surface area contributed by atoms with E-state index in [0.717, 1.165) is 5.56 Å². The van der Waals surface area contributed by atoms with Gasteiger partial charge in [0.1, 0.15) is 11.1 Å². The van der Waals surface area contributed by atoms with Gasteiger partial charge in [-0.05, 0) is 62.3 Å². The van der Waals surface area contributed by atoms with Crippen LogP contribution >= 0.6 is 0 Å². The molecule has 35 heavy (non-hydrogen) atoms. The Kier molecular flexibility index (Phi) is 6.04. The fourth-order valence-corrected chi connectivity index (χ4v) is 7.63. The number of Topliss-reactive ketones (excluding diaryl/α,β-unsaturated/α-hetero) is 1. The van der Waals surface area contributed by atoms with Gasteiger partial charge in [-0.1, -0.05) is 0 Å². The minimum absolute atomic E-state index is 0.0299. The lowest BCUT2D eigenvalue weighted by Crippen LogP contribution is -2.81. The number of rotatable bonds is 8. The Hall–Kier alpha value is -2.85. The topological polar surface area (TPSA) is 101 Å². The zero-order valence-corrected chi connectivity index (χ0v) is 22.4. The van der Waals surface area contributed by atoms with Crippen LogP contribution in [0.5, 0.6) is 11.5 Å². The van der Waals surface area contributed by atoms with Crippen LogP contribution in [-0.2, 0) is 40.2 Å². The van der Waals surface area contributed by atoms with Crippen molar-refractivity contribution in [3.8, 4) is 11.5 Å². The molecule has 1 saturated heterocycles. The van der Waals surface area contributed by atoms with Gasteiger partial charge in [-0.2, -0.15) is 0 Å². The summed E-state index contributed by atoms with van der Waals surface area (Å²) < 4.78 is 28.7. The van der Waals surface area contributed by atoms with E-state index in [1.165, 1.54) is 25.4 Å². The van der Waals surface area contributed by atoms with Crippen molar-refractivity contribution in [2.75, 3.05) is 34.5 Å². The number of carbonyl (C=O) groups excluding carboxylic acids is 3. The molecule has 2 aliphatic heterocycles. The SMILES string of the molecule is CCOC(=O)[C@@]12C[C@](/C=C/OC)(O[Si](C)(C)C)[C@@]13c1cc(OC)c(OC)cc1CCN3C(=O)C2=O. The Morgan fingerprint density at radius 1 is 1.11 bits per heavy atom. The van der Waals surface area contributed by atoms with E-state index in [-0.39, 0.29) is 19.6 Å². The van der Waals surface area contributed by atoms with Gasteiger partial charge in [0.05, 0.1) is 34.2 Å². The number of benzene rings is 1. The van der Waals surface area contributed by atoms with Crippen molar-refractivity contribution >= 4 is 26.0 Å². The van der Waals surface area contributed by atoms with Crippen LogP contribution in [0.25, 0.3) is 0 Å². The highest BCUT2D eigenvalue weighted by molar-refractivity contribution is 6.70. The number of hydrogen-bond acceptors (Lipinski definition) is 8. The zero-order valence-electron chi connectivity index (χ0n) is 21.4. The van der Waals surface area contributed by atoms with Gasteiger partial charge in [0.2, 0.25) is 5.78 Å². The largest absolute Gasteiger partial charge is 0.505 e. The first-order chi connectivity index (χ1) is 16.5. The monoisotopic (exact) mass is 503 g/mol. The summed E-state index contributed by atoms with van der Waals surface area (Å²) in [6.07, 6.45) is 3.68. The maximum absolute atomic E-state index is 13.7. The van der Waals surface area contributed by atoms with Gasteiger partial charge in [-0.3, -0.25) is 14.4 Å². The molecule has 0 radical (unpaired) electrons. The summed E-state index contributed by atoms with van der Waals surface area (Å²) in [5.74, 6) is -1.23. The molecule has 1 aromatic carbocycles. The highest BCUT2D eigenvalue weighted by atomic mass is 28.4. The zero-order chi connectivity index (χ0) is 25.8. The van der Waals surface area contributed by atoms with E-state index >= 15 is 0 Å². The minimum Gasteiger partial charge on any atom is -0.505 e. The van der Waals surface area contributed by atoms with Crippen LogP contribution < -0.4 is 9.47 Å². The molecule has 1 aromatic rings. The van der Waals surface area contributed by atoms with Gasteiger partial charge in [-0.25, -0.2) is 0 Å². The van der Waals surface area contributed by atoms with Gasteiger partial charge < -0.3 is 28.3 Å². The van der Waals surface area contributed by atoms with E-state index in [4.69, 9.17) is 23.4 Å². The quantitative estimate of drug-likeness (QED) is 0.175. The number of ketones is 1. The highest BCUT2D eigenvalue weighted by Crippen LogP contribution is 2.73. The summed E-state index contributed by atoms with van der Waals surface area (Å²) in [6.45, 7) is 8.07. The molecule has 1 amide bonds. The fraction of sp³-hybridized carbons (Fsp3) is 0.560. The summed E-state index contributed by atoms with van der Waals surface area (Å²) >= 11 is 0. The number of amides is 1. The minimum atomic E-state index is -2.31. The molecular weight excluding hydrogens is 470 g/mol. The lowest BCUT2D eigenvalue weighted by atomic mass is 9.42. The highest BCUT2D eigenvalue weighted by Gasteiger charge is 2.89. The molecule has 1 aliphatic carbocycles. The molecular formula is C25H33NO8Si. The average molecular weight is 504 g/mol. The number of fused-ring (bicyclic) bond motifs is 1. The van der Waals surface area contributed by atoms with E-state index in [2.05, 4.69) is 0 Å². The van der Waals surface area contributed by atoms with Crippen LogP contribution in [-0.4, -0.2) is 71.0 Å². The molecule has 0 unspecified atom stereocenters. The van der Waals surface area contributed by atoms with Crippen molar-refractivity contribution in [2.45, 2.75) is 50.5 Å². The first-order valence-corrected chi connectivity index (χ1v) is 15.1. The number of nitrogens with zero attached hydrogens (tertiary/aromatic N) is 1. The van der Waals surface area contributed by atoms with Crippen molar-refractivity contribution in [1.29, 1.82) is 0 Å². The van der Waals surface area contributed by atoms with E-state index in [1.54, 1.807) is 26.2 Å². The van der Waals surface area contributed by atoms with Gasteiger partial charge >= 0.3 is 5.97 Å². The van der Waals surface area contributed by atoms with Crippen LogP contribution in [0.1, 0.15) is 24.5 Å². The molecule has 2 heterocycles. The Morgan fingerprint density at radius 3 is 2.34 bits per heavy atom. The summed E-state index contributed by atoms with van der Waals surface area (Å²) in [5, 5.41) is 0. The van der Waals surface area contributed by atoms with Crippen LogP contribution in [0.3, 0.4) is 0 Å². The molecule has 190 valence electrons. The molecule has 0 N–H and O–H groups in total. The first-order valence-electron chi connectivity index (χ1n) is 11.7. The fourth-order valence-electron chi connectivity index (χ4n) is 6.25. The van der Waals surface area contributed by atoms with Crippen molar-refractivity contribution in [3.63, 3.8) is 0 Å². The summed E-state index contributed by atoms with van der Waals surface area (Å²) in [7, 11) is 2.27. The van der Waals surface area contributed by atoms with Crippen molar-refractivity contribution in [1.82, 2.24) is 4.90 Å². The molecule has 4 rings (SSSR count). The Morgan fingerprint density at radius 2 is 1.77 bits per heavy atom. The summed E-state index contributed by atoms with van der Waals surface area (Å²) in [4.78, 5) is 42.5. The molecule has 10 heteroatoms. The second-order valence-corrected chi connectivity index (χ2v) is 14.5. The predicted molar refractivity (Wildman–Crippen MR) is 129 cm³/mol. The van der Waals surface area contributed by atoms with E-state index in [0.29, 0.717) is 23.5 Å². The third kappa shape index (κ3) is 3.12. The normalized spacial score (nSPS) is 29.3. The predicted octanol–water partition coefficient (Wildman–Crippen LogP) is 2.57. The molecule has 3 aliphatic rings. The third-order valence-electron chi connectivity index (χ3n) is 7.18. The first kappa shape index (κ1) is 25.2. The van der Waals surface area contributed by atoms with Gasteiger partial charge in [-0.15, -0.1) is 0 Å². The lowest BCUT2D eigenvalue weighted by Gasteiger charge is -2.68. The van der Waals surface area contributed by atoms with E-state index in [1.807, 2.05) is 25.7 Å². The number of ether oxygens (including phenoxy) is 4. The number of methoxy groups -OCH3 is 3. The van der Waals surface area contributed by atoms with E-state index < -0.39 is 42.5 Å². The van der Waals surface area contributed by atoms with Crippen molar-refractivity contribution in [2.24, 2.45) is 5.41 Å². The smallest absolute Gasteiger partial charge is 0.323 e. The Balaban J connectivity index is 2.13. The molecule has 3 atom stereocenters. The standard InChI is InChI=1S/C25H33NO8Si/c1-8-33-22(29)24-15-23(10-12-30-2,34-35(5,6)7)25(24)17-14-19(32-4)18(31-3)13-16(17)9-11-26(25)21(28)20(24)27/h10,12-14H,8-9,11,15H2,1-7H3/b12-10+/t23-,24-,25-/m0/s1. The molecule has 1 saturated carbocycles. The van der Waals surface area contributed by atoms with Gasteiger partial charge in [0.25, 0.3) is 5.91 Å². The second kappa shape index (κ2) is 8.37. The summed E-state index contributed by atoms with van der Waals surface area (Å²) in [5.41, 5.74) is -2.94. The van der Waals surface area contributed by atoms with Crippen LogP contribution in [0, 0.1) is 5.41 Å². The Bertz CT molecular complexity index is 1110. The maximum atomic E-state index is 13.7. The number of esters is 1. The van der Waals surface area contributed by atoms with Crippen molar-refractivity contribution < 1.29 is 37.8 Å². The van der Waals surface area contributed by atoms with Crippen molar-refractivity contribution in [3.05, 3.63) is 35.6 Å². The average Bonchev–Trinajstić information content (AvgIpc) is 2.97. The summed E-state index contributed by atoms with van der Waals surface area (Å²) in [6, 6.07) is 3.61. The van der Waals surface area contributed by atoms with E-state index in [9.17, 15) is 14.4 Å². The maximum Gasteiger partial charge on any atom is 0.323 e. The molecule has 0 aromatic heterocycles. The van der Waals surface area contributed by atoms with Gasteiger partial charge in [0.15, 0.2) is 25.2 Å². The molecule has 9 nitrogen and oxygen atoms in total. The molecule has 2 fully saturated rings. The lowest BCUT2D eigenvalue weighted by molar-refractivity contribution is -0.230. The van der Waals surface area contributed by atoms with Crippen LogP contribution in [0.4, 0.5) is 0 Å². The van der Waals surface area contributed by atoms with Gasteiger partial charge in [0, 0.05) is 13.0 Å². The third-order valence-corrected chi connectivity index (χ3v) is 8.16. The molecule has 1 spiro atoms. The molecule has 0 bridgehead atoms. The number of carbonyl (C=O) groups is 3. The van der Waals surface area contributed by atoms with Crippen LogP contribution in [0.15, 0.2) is 24.5 Å². The van der Waals surface area contributed by atoms with Crippen LogP contribution in [0.2, 0.25) is 19.6 Å². The number of hydrogen-bond donors (Lipinski definition) is 0. The Labute approximate surface area is 206 Å². The second-order valence-electron chi connectivity index (χ2n) is 10.1.